The highest BCUT2D eigenvalue weighted by molar-refractivity contribution is 5.76. The number of aliphatic hydroxyl groups is 1. The molecule has 0 atom stereocenters. The molecule has 0 saturated carbocycles. The van der Waals surface area contributed by atoms with Crippen molar-refractivity contribution in [2.45, 2.75) is 20.0 Å². The third kappa shape index (κ3) is 3.56. The topological polar surface area (TPSA) is 63.3 Å². The summed E-state index contributed by atoms with van der Waals surface area (Å²) < 4.78 is 0. The highest BCUT2D eigenvalue weighted by Gasteiger charge is 1.97. The lowest BCUT2D eigenvalue weighted by atomic mass is 10.1. The van der Waals surface area contributed by atoms with Crippen molar-refractivity contribution >= 4 is 12.0 Å². The maximum absolute atomic E-state index is 10.5. The van der Waals surface area contributed by atoms with Crippen molar-refractivity contribution in [3.8, 4) is 0 Å². The molecule has 1 amide bonds. The van der Waals surface area contributed by atoms with Crippen LogP contribution in [0.1, 0.15) is 23.1 Å². The quantitative estimate of drug-likeness (QED) is 0.779. The van der Waals surface area contributed by atoms with Gasteiger partial charge in [-0.15, -0.1) is 0 Å². The first-order valence-electron chi connectivity index (χ1n) is 4.78. The molecule has 0 fully saturated rings. The monoisotopic (exact) mass is 205 g/mol. The lowest BCUT2D eigenvalue weighted by Crippen LogP contribution is -2.07. The first-order valence-corrected chi connectivity index (χ1v) is 4.78. The fourth-order valence-electron chi connectivity index (χ4n) is 1.28. The van der Waals surface area contributed by atoms with Crippen LogP contribution in [0.5, 0.6) is 0 Å². The van der Waals surface area contributed by atoms with Crippen LogP contribution < -0.4 is 5.73 Å². The van der Waals surface area contributed by atoms with Crippen molar-refractivity contribution in [3.63, 3.8) is 0 Å². The van der Waals surface area contributed by atoms with Gasteiger partial charge in [0, 0.05) is 6.42 Å². The van der Waals surface area contributed by atoms with E-state index < -0.39 is 0 Å². The Labute approximate surface area is 89.2 Å². The van der Waals surface area contributed by atoms with E-state index in [2.05, 4.69) is 0 Å². The van der Waals surface area contributed by atoms with Gasteiger partial charge in [-0.05, 0) is 29.7 Å². The summed E-state index contributed by atoms with van der Waals surface area (Å²) in [7, 11) is 0. The second-order valence-electron chi connectivity index (χ2n) is 3.42. The van der Waals surface area contributed by atoms with Crippen LogP contribution in [0.4, 0.5) is 0 Å². The van der Waals surface area contributed by atoms with Gasteiger partial charge < -0.3 is 10.8 Å². The van der Waals surface area contributed by atoms with Crippen molar-refractivity contribution in [2.75, 3.05) is 0 Å². The van der Waals surface area contributed by atoms with Crippen LogP contribution in [-0.4, -0.2) is 11.0 Å². The number of rotatable bonds is 4. The summed E-state index contributed by atoms with van der Waals surface area (Å²) in [5.74, 6) is -0.347. The number of carbonyl (C=O) groups is 1. The Kier molecular flexibility index (Phi) is 4.06. The molecule has 0 aliphatic carbocycles. The fraction of sp³-hybridized carbons (Fsp3) is 0.250. The Hall–Kier alpha value is -1.61. The molecule has 0 spiro atoms. The minimum atomic E-state index is -0.347. The third-order valence-electron chi connectivity index (χ3n) is 2.17. The summed E-state index contributed by atoms with van der Waals surface area (Å²) in [4.78, 5) is 10.5. The number of carbonyl (C=O) groups excluding carboxylic acids is 1. The zero-order chi connectivity index (χ0) is 11.3. The third-order valence-corrected chi connectivity index (χ3v) is 2.17. The second-order valence-corrected chi connectivity index (χ2v) is 3.42. The molecule has 0 aliphatic rings. The van der Waals surface area contributed by atoms with E-state index in [-0.39, 0.29) is 18.9 Å². The molecule has 0 saturated heterocycles. The summed E-state index contributed by atoms with van der Waals surface area (Å²) in [6.07, 6.45) is 3.78. The molecule has 1 rings (SSSR count). The number of benzene rings is 1. The lowest BCUT2D eigenvalue weighted by molar-refractivity contribution is -0.117. The molecule has 15 heavy (non-hydrogen) atoms. The molecular weight excluding hydrogens is 190 g/mol. The van der Waals surface area contributed by atoms with Gasteiger partial charge in [-0.3, -0.25) is 4.79 Å². The molecule has 0 heterocycles. The van der Waals surface area contributed by atoms with Gasteiger partial charge in [0.1, 0.15) is 0 Å². The summed E-state index contributed by atoms with van der Waals surface area (Å²) >= 11 is 0. The number of hydrogen-bond donors (Lipinski definition) is 2. The number of hydrogen-bond acceptors (Lipinski definition) is 2. The first kappa shape index (κ1) is 11.5. The van der Waals surface area contributed by atoms with Crippen LogP contribution in [0, 0.1) is 6.92 Å². The maximum atomic E-state index is 10.5. The average molecular weight is 205 g/mol. The first-order chi connectivity index (χ1) is 7.13. The van der Waals surface area contributed by atoms with Gasteiger partial charge in [-0.25, -0.2) is 0 Å². The average Bonchev–Trinajstić information content (AvgIpc) is 2.20. The van der Waals surface area contributed by atoms with Crippen LogP contribution in [0.25, 0.3) is 6.08 Å². The van der Waals surface area contributed by atoms with Gasteiger partial charge >= 0.3 is 0 Å². The number of nitrogens with two attached hydrogens (primary N) is 1. The van der Waals surface area contributed by atoms with Crippen molar-refractivity contribution in [2.24, 2.45) is 5.73 Å². The van der Waals surface area contributed by atoms with Crippen molar-refractivity contribution in [1.29, 1.82) is 0 Å². The van der Waals surface area contributed by atoms with Gasteiger partial charge in [0.15, 0.2) is 0 Å². The van der Waals surface area contributed by atoms with E-state index in [1.54, 1.807) is 6.08 Å². The summed E-state index contributed by atoms with van der Waals surface area (Å²) in [5, 5.41) is 9.06. The van der Waals surface area contributed by atoms with Crippen molar-refractivity contribution in [3.05, 3.63) is 41.0 Å². The molecule has 0 radical (unpaired) electrons. The molecule has 3 nitrogen and oxygen atoms in total. The second kappa shape index (κ2) is 5.32. The van der Waals surface area contributed by atoms with Crippen LogP contribution in [0.3, 0.4) is 0 Å². The SMILES string of the molecule is Cc1ccc(C=CCC(N)=O)cc1CO. The largest absolute Gasteiger partial charge is 0.392 e. The number of aryl methyl sites for hydroxylation is 1. The van der Waals surface area contributed by atoms with Crippen LogP contribution in [-0.2, 0) is 11.4 Å². The van der Waals surface area contributed by atoms with Crippen LogP contribution >= 0.6 is 0 Å². The summed E-state index contributed by atoms with van der Waals surface area (Å²) in [6.45, 7) is 1.98. The van der Waals surface area contributed by atoms with E-state index in [4.69, 9.17) is 10.8 Å². The smallest absolute Gasteiger partial charge is 0.221 e. The van der Waals surface area contributed by atoms with Gasteiger partial charge in [-0.2, -0.15) is 0 Å². The van der Waals surface area contributed by atoms with Crippen molar-refractivity contribution in [1.82, 2.24) is 0 Å². The van der Waals surface area contributed by atoms with E-state index in [1.807, 2.05) is 31.2 Å². The zero-order valence-corrected chi connectivity index (χ0v) is 8.73. The predicted octanol–water partition coefficient (Wildman–Crippen LogP) is 1.38. The molecular formula is C12H15NO2. The summed E-state index contributed by atoms with van der Waals surface area (Å²) in [6, 6.07) is 5.77. The summed E-state index contributed by atoms with van der Waals surface area (Å²) in [5.41, 5.74) is 7.93. The molecule has 3 heteroatoms. The van der Waals surface area contributed by atoms with Crippen LogP contribution in [0.2, 0.25) is 0 Å². The number of amides is 1. The predicted molar refractivity (Wildman–Crippen MR) is 59.9 cm³/mol. The molecule has 3 N–H and O–H groups in total. The molecule has 0 unspecified atom stereocenters. The van der Waals surface area contributed by atoms with E-state index in [0.29, 0.717) is 0 Å². The minimum Gasteiger partial charge on any atom is -0.392 e. The van der Waals surface area contributed by atoms with E-state index >= 15 is 0 Å². The zero-order valence-electron chi connectivity index (χ0n) is 8.73. The molecule has 0 aromatic heterocycles. The highest BCUT2D eigenvalue weighted by atomic mass is 16.3. The number of aliphatic hydroxyl groups excluding tert-OH is 1. The van der Waals surface area contributed by atoms with Gasteiger partial charge in [0.2, 0.25) is 5.91 Å². The minimum absolute atomic E-state index is 0.0311. The molecule has 0 bridgehead atoms. The Morgan fingerprint density at radius 2 is 2.27 bits per heavy atom. The normalized spacial score (nSPS) is 10.8. The van der Waals surface area contributed by atoms with E-state index in [0.717, 1.165) is 16.7 Å². The Morgan fingerprint density at radius 3 is 2.87 bits per heavy atom. The standard InChI is InChI=1S/C12H15NO2/c1-9-5-6-10(7-11(9)8-14)3-2-4-12(13)15/h2-3,5-7,14H,4,8H2,1H3,(H2,13,15). The highest BCUT2D eigenvalue weighted by Crippen LogP contribution is 2.12. The lowest BCUT2D eigenvalue weighted by Gasteiger charge is -2.03. The van der Waals surface area contributed by atoms with E-state index in [1.165, 1.54) is 0 Å². The van der Waals surface area contributed by atoms with Gasteiger partial charge in [-0.1, -0.05) is 24.3 Å². The fourth-order valence-corrected chi connectivity index (χ4v) is 1.28. The molecule has 0 aliphatic heterocycles. The Balaban J connectivity index is 2.78. The van der Waals surface area contributed by atoms with Crippen LogP contribution in [0.15, 0.2) is 24.3 Å². The van der Waals surface area contributed by atoms with Crippen molar-refractivity contribution < 1.29 is 9.90 Å². The molecule has 1 aromatic carbocycles. The number of primary amides is 1. The van der Waals surface area contributed by atoms with Gasteiger partial charge in [0.25, 0.3) is 0 Å². The Bertz CT molecular complexity index is 383. The van der Waals surface area contributed by atoms with E-state index in [9.17, 15) is 4.79 Å². The van der Waals surface area contributed by atoms with Gasteiger partial charge in [0.05, 0.1) is 6.61 Å². The molecule has 1 aromatic rings. The Morgan fingerprint density at radius 1 is 1.53 bits per heavy atom. The molecule has 80 valence electrons. The maximum Gasteiger partial charge on any atom is 0.221 e.